The van der Waals surface area contributed by atoms with E-state index in [-0.39, 0.29) is 88.1 Å². The fourth-order valence-electron chi connectivity index (χ4n) is 13.4. The summed E-state index contributed by atoms with van der Waals surface area (Å²) in [7, 11) is 0. The van der Waals surface area contributed by atoms with E-state index in [0.29, 0.717) is 72.5 Å². The third-order valence-corrected chi connectivity index (χ3v) is 17.8. The Labute approximate surface area is 592 Å². The first-order chi connectivity index (χ1) is 54.8. The van der Waals surface area contributed by atoms with Crippen LogP contribution in [0.1, 0.15) is 123 Å². The van der Waals surface area contributed by atoms with Crippen LogP contribution < -0.4 is 9.30 Å². The van der Waals surface area contributed by atoms with Crippen LogP contribution in [0.2, 0.25) is 0 Å². The maximum atomic E-state index is 10.6. The van der Waals surface area contributed by atoms with E-state index in [1.54, 1.807) is 100 Å². The Hall–Kier alpha value is -9.87. The van der Waals surface area contributed by atoms with E-state index in [0.717, 1.165) is 27.2 Å². The molecule has 7 heteroatoms. The number of aromatic nitrogens is 4. The molecule has 0 N–H and O–H groups in total. The molecule has 1 aliphatic carbocycles. The van der Waals surface area contributed by atoms with E-state index >= 15 is 0 Å². The van der Waals surface area contributed by atoms with Crippen LogP contribution in [0.25, 0.3) is 139 Å². The predicted molar refractivity (Wildman–Crippen MR) is 377 cm³/mol. The van der Waals surface area contributed by atoms with Crippen LogP contribution in [-0.4, -0.2) is 14.1 Å². The van der Waals surface area contributed by atoms with Crippen molar-refractivity contribution in [2.75, 3.05) is 0 Å². The summed E-state index contributed by atoms with van der Waals surface area (Å²) in [6.07, 6.45) is -3.80. The molecule has 0 saturated heterocycles. The minimum absolute atomic E-state index is 0. The monoisotopic (exact) mass is 1410 g/mol. The normalized spacial score (nSPS) is 19.7. The number of hydrogen-bond acceptors (Lipinski definition) is 3. The van der Waals surface area contributed by atoms with Crippen molar-refractivity contribution in [1.82, 2.24) is 14.1 Å². The van der Waals surface area contributed by atoms with Crippen molar-refractivity contribution in [1.29, 1.82) is 0 Å². The van der Waals surface area contributed by atoms with Crippen molar-refractivity contribution >= 4 is 54.8 Å². The summed E-state index contributed by atoms with van der Waals surface area (Å²) >= 11 is 0. The van der Waals surface area contributed by atoms with Gasteiger partial charge >= 0.3 is 0 Å². The van der Waals surface area contributed by atoms with Gasteiger partial charge in [-0.1, -0.05) is 187 Å². The van der Waals surface area contributed by atoms with Crippen molar-refractivity contribution in [2.24, 2.45) is 0 Å². The molecule has 5 heterocycles. The van der Waals surface area contributed by atoms with E-state index < -0.39 is 99.5 Å². The molecular formula is C86H68N4O2Pt-2. The Morgan fingerprint density at radius 2 is 1.23 bits per heavy atom. The average molecular weight is 1410 g/mol. The van der Waals surface area contributed by atoms with E-state index in [1.807, 2.05) is 89.5 Å². The Morgan fingerprint density at radius 3 is 1.99 bits per heavy atom. The number of fused-ring (bicyclic) bond motifs is 14. The van der Waals surface area contributed by atoms with Gasteiger partial charge in [0.15, 0.2) is 0 Å². The molecule has 0 radical (unpaired) electrons. The first kappa shape index (κ1) is 37.0. The van der Waals surface area contributed by atoms with Gasteiger partial charge in [0.2, 0.25) is 0 Å². The van der Waals surface area contributed by atoms with Crippen molar-refractivity contribution in [3.8, 4) is 95.5 Å². The molecule has 93 heavy (non-hydrogen) atoms. The second-order valence-electron chi connectivity index (χ2n) is 24.6. The Kier molecular flexibility index (Phi) is 8.60. The first-order valence-electron chi connectivity index (χ1n) is 42.5. The largest absolute Gasteiger partial charge is 0.510 e. The fraction of sp³-hybridized carbons (Fsp3) is 0.163. The van der Waals surface area contributed by atoms with Crippen LogP contribution in [0.5, 0.6) is 11.5 Å². The van der Waals surface area contributed by atoms with Gasteiger partial charge < -0.3 is 18.3 Å². The van der Waals surface area contributed by atoms with Gasteiger partial charge in [-0.25, -0.2) is 4.98 Å². The standard InChI is InChI=1S/C86H68N4O2.Pt/c1-52-20-18-21-53(2)81(52)57-44-69(55-33-37-79-70(42-55)68-29-15-17-31-78(68)92-79)82-71(45-57)64-26-12-10-24-62(64)63-25-11-13-27-65(63)72-43-56(54-32-36-73-74(46-54)86(8,9)40-39-85(73,6)7)47-77-83(72)89(82)51-88(77)59-22-19-23-60(49-59)91-61-34-35-67-66-28-14-16-30-75(66)90(76(67)50-61)80-48-58(38-41-87-80)84(3,4)5;/h10-38,41-48H,39-40H2,1-9H3;/q-2;/i1D3,2D3,6D3,7D3,8D3,9D3,32D,36D,39D2,40D2,46D;. The molecule has 11 aromatic carbocycles. The summed E-state index contributed by atoms with van der Waals surface area (Å²) in [6.45, 7) is -16.8. The molecular weight excluding hydrogens is 1320 g/mol. The second kappa shape index (κ2) is 21.6. The van der Waals surface area contributed by atoms with Gasteiger partial charge in [-0.2, -0.15) is 18.2 Å². The zero-order chi connectivity index (χ0) is 83.7. The minimum atomic E-state index is -4.62. The number of furan rings is 1. The average Bonchev–Trinajstić information content (AvgIpc) is 0.766. The van der Waals surface area contributed by atoms with Gasteiger partial charge in [0, 0.05) is 85.2 Å². The minimum Gasteiger partial charge on any atom is -0.510 e. The zero-order valence-corrected chi connectivity index (χ0v) is 52.3. The Balaban J connectivity index is 0.0000104. The van der Waals surface area contributed by atoms with Crippen LogP contribution in [0.15, 0.2) is 229 Å². The third kappa shape index (κ3) is 9.46. The number of imidazole rings is 1. The summed E-state index contributed by atoms with van der Waals surface area (Å²) in [5.41, 5.74) is -6.44. The molecule has 456 valence electrons. The van der Waals surface area contributed by atoms with Gasteiger partial charge in [-0.15, -0.1) is 29.7 Å². The van der Waals surface area contributed by atoms with Crippen LogP contribution in [0, 0.1) is 32.2 Å². The van der Waals surface area contributed by atoms with Crippen LogP contribution in [0.3, 0.4) is 0 Å². The molecule has 0 unspecified atom stereocenters. The van der Waals surface area contributed by atoms with E-state index in [9.17, 15) is 17.8 Å². The summed E-state index contributed by atoms with van der Waals surface area (Å²) in [5.74, 6) is 0.961. The van der Waals surface area contributed by atoms with Gasteiger partial charge in [-0.3, -0.25) is 4.57 Å². The molecule has 0 amide bonds. The number of benzene rings is 11. The number of aryl methyl sites for hydroxylation is 2. The molecule has 17 rings (SSSR count). The molecule has 0 bridgehead atoms. The van der Waals surface area contributed by atoms with Crippen molar-refractivity contribution in [3.63, 3.8) is 0 Å². The molecule has 0 atom stereocenters. The van der Waals surface area contributed by atoms with E-state index in [1.165, 1.54) is 30.3 Å². The van der Waals surface area contributed by atoms with Crippen molar-refractivity contribution in [3.05, 3.63) is 271 Å². The molecule has 6 nitrogen and oxygen atoms in total. The number of rotatable bonds is 7. The fourth-order valence-corrected chi connectivity index (χ4v) is 13.4. The molecule has 2 aliphatic rings. The second-order valence-corrected chi connectivity index (χ2v) is 24.6. The summed E-state index contributed by atoms with van der Waals surface area (Å²) in [5, 5.41) is 3.13. The number of pyridine rings is 1. The summed E-state index contributed by atoms with van der Waals surface area (Å²) < 4.78 is 252. The van der Waals surface area contributed by atoms with Gasteiger partial charge in [-0.05, 0) is 203 Å². The Bertz CT molecular complexity index is 6650. The molecule has 0 fully saturated rings. The molecule has 1 aliphatic heterocycles. The smallest absolute Gasteiger partial charge is 0.268 e. The maximum Gasteiger partial charge on any atom is 0.268 e. The molecule has 0 spiro atoms. The van der Waals surface area contributed by atoms with Gasteiger partial charge in [0.05, 0.1) is 20.8 Å². The molecule has 15 aromatic rings. The molecule has 0 saturated carbocycles. The quantitative estimate of drug-likeness (QED) is 0.118. The van der Waals surface area contributed by atoms with Gasteiger partial charge in [0.1, 0.15) is 17.0 Å². The summed E-state index contributed by atoms with van der Waals surface area (Å²) in [6, 6.07) is 60.9. The number of ether oxygens (including phenoxy) is 1. The Morgan fingerprint density at radius 1 is 0.559 bits per heavy atom. The third-order valence-electron chi connectivity index (χ3n) is 17.8. The zero-order valence-electron chi connectivity index (χ0n) is 75.1. The SMILES string of the molecule is [2H]c1c([2H])c2c(c([2H])c1-c1cc3c4c(c1)n(-c1[c-]c(Oc5[c-]c6c(cc5)c5ccccc5n6-c5cc(C(C)(C)C)ccn5)ccc1)[c-][n+]4-c1c(-c4ccc5oc6ccccc6c5c4)cc(-c4c(C([2H])([2H])[2H])cccc4C([2H])([2H])[2H])cc1-c1ccccc1-c1ccccc1-3)C(C([2H])([2H])[2H])(C([2H])([2H])[2H])C([2H])([2H])C([2H])([2H])C2(C([2H])([2H])[2H])C([2H])([2H])[2H].[Pt]. The molecule has 4 aromatic heterocycles. The van der Waals surface area contributed by atoms with Crippen LogP contribution in [0.4, 0.5) is 0 Å². The van der Waals surface area contributed by atoms with E-state index in [4.69, 9.17) is 30.6 Å². The van der Waals surface area contributed by atoms with Gasteiger partial charge in [0.25, 0.3) is 6.33 Å². The number of hydrogen-bond donors (Lipinski definition) is 0. The summed E-state index contributed by atoms with van der Waals surface area (Å²) in [4.78, 5) is 4.86. The first-order valence-corrected chi connectivity index (χ1v) is 30.0. The maximum absolute atomic E-state index is 10.6. The predicted octanol–water partition coefficient (Wildman–Crippen LogP) is 22.1. The topological polar surface area (TPSA) is 49.0 Å². The van der Waals surface area contributed by atoms with Crippen molar-refractivity contribution < 1.29 is 69.1 Å². The van der Waals surface area contributed by atoms with Crippen LogP contribution >= 0.6 is 0 Å². The van der Waals surface area contributed by atoms with Crippen LogP contribution in [-0.2, 0) is 37.3 Å². The number of nitrogens with zero attached hydrogens (tertiary/aromatic N) is 4. The van der Waals surface area contributed by atoms with E-state index in [2.05, 4.69) is 39.2 Å². The number of para-hydroxylation sites is 2. The van der Waals surface area contributed by atoms with Crippen molar-refractivity contribution in [2.45, 2.75) is 90.9 Å².